The summed E-state index contributed by atoms with van der Waals surface area (Å²) in [7, 11) is 0. The van der Waals surface area contributed by atoms with Crippen LogP contribution in [0, 0.1) is 11.6 Å². The lowest BCUT2D eigenvalue weighted by Gasteiger charge is -1.96. The van der Waals surface area contributed by atoms with Crippen LogP contribution in [0.15, 0.2) is 42.5 Å². The van der Waals surface area contributed by atoms with Gasteiger partial charge in [0.25, 0.3) is 0 Å². The highest BCUT2D eigenvalue weighted by molar-refractivity contribution is 5.52. The lowest BCUT2D eigenvalue weighted by atomic mass is 10.2. The molecular weight excluding hydrogens is 210 g/mol. The summed E-state index contributed by atoms with van der Waals surface area (Å²) in [4.78, 5) is 9.82. The largest absolute Gasteiger partial charge is 0.234 e. The van der Waals surface area contributed by atoms with Crippen molar-refractivity contribution < 1.29 is 13.6 Å². The Labute approximate surface area is 92.4 Å². The zero-order valence-electron chi connectivity index (χ0n) is 8.49. The van der Waals surface area contributed by atoms with Gasteiger partial charge in [-0.15, -0.1) is 0 Å². The summed E-state index contributed by atoms with van der Waals surface area (Å²) in [5, 5.41) is 0. The predicted octanol–water partition coefficient (Wildman–Crippen LogP) is 3.31. The van der Waals surface area contributed by atoms with E-state index in [-0.39, 0.29) is 5.56 Å². The van der Waals surface area contributed by atoms with E-state index in [0.29, 0.717) is 6.42 Å². The summed E-state index contributed by atoms with van der Waals surface area (Å²) >= 11 is 0. The monoisotopic (exact) mass is 220 g/mol. The van der Waals surface area contributed by atoms with Crippen LogP contribution >= 0.6 is 0 Å². The van der Waals surface area contributed by atoms with Crippen molar-refractivity contribution in [3.63, 3.8) is 0 Å². The number of halogens is 2. The first-order valence-corrected chi connectivity index (χ1v) is 4.72. The number of hydrogen-bond donors (Lipinski definition) is 0. The molecule has 0 saturated carbocycles. The molecule has 0 N–H and O–H groups in total. The molecule has 16 heavy (non-hydrogen) atoms. The molecule has 82 valence electrons. The molecular formula is C13H10F2O. The topological polar surface area (TPSA) is 17.1 Å². The number of hydrogen-bond acceptors (Lipinski definition) is 1. The van der Waals surface area contributed by atoms with Gasteiger partial charge in [-0.3, -0.25) is 0 Å². The van der Waals surface area contributed by atoms with Gasteiger partial charge in [0.2, 0.25) is 0 Å². The molecule has 0 amide bonds. The molecule has 0 aromatic heterocycles. The van der Waals surface area contributed by atoms with Gasteiger partial charge in [0.05, 0.1) is 0 Å². The lowest BCUT2D eigenvalue weighted by Crippen LogP contribution is -1.86. The summed E-state index contributed by atoms with van der Waals surface area (Å²) in [6.07, 6.45) is 7.91. The lowest BCUT2D eigenvalue weighted by molar-refractivity contribution is 0.568. The summed E-state index contributed by atoms with van der Waals surface area (Å²) in [5.74, 6) is 0.425. The van der Waals surface area contributed by atoms with E-state index in [1.54, 1.807) is 18.1 Å². The second kappa shape index (κ2) is 6.49. The molecule has 0 atom stereocenters. The fraction of sp³-hybridized carbons (Fsp3) is 0.0769. The van der Waals surface area contributed by atoms with Crippen molar-refractivity contribution in [1.82, 2.24) is 0 Å². The Balaban J connectivity index is 2.69. The van der Waals surface area contributed by atoms with Crippen molar-refractivity contribution in [1.29, 1.82) is 0 Å². The third-order valence-corrected chi connectivity index (χ3v) is 1.85. The van der Waals surface area contributed by atoms with Gasteiger partial charge >= 0.3 is 0 Å². The number of benzene rings is 1. The van der Waals surface area contributed by atoms with Gasteiger partial charge < -0.3 is 0 Å². The first kappa shape index (κ1) is 12.1. The Hall–Kier alpha value is -1.99. The maximum Gasteiger partial charge on any atom is 0.133 e. The van der Waals surface area contributed by atoms with Crippen LogP contribution in [0.2, 0.25) is 0 Å². The molecule has 0 aliphatic rings. The minimum absolute atomic E-state index is 0.0712. The summed E-state index contributed by atoms with van der Waals surface area (Å²) in [6.45, 7) is 0. The van der Waals surface area contributed by atoms with Crippen molar-refractivity contribution >= 4 is 12.0 Å². The highest BCUT2D eigenvalue weighted by atomic mass is 19.1. The number of carbonyl (C=O) groups excluding carboxylic acids is 1. The van der Waals surface area contributed by atoms with Crippen LogP contribution in [0.3, 0.4) is 0 Å². The fourth-order valence-electron chi connectivity index (χ4n) is 1.10. The molecule has 0 radical (unpaired) electrons. The van der Waals surface area contributed by atoms with Crippen LogP contribution in [0.1, 0.15) is 12.0 Å². The normalized spacial score (nSPS) is 10.9. The summed E-state index contributed by atoms with van der Waals surface area (Å²) < 4.78 is 26.2. The van der Waals surface area contributed by atoms with Crippen molar-refractivity contribution in [2.75, 3.05) is 0 Å². The highest BCUT2D eigenvalue weighted by Gasteiger charge is 2.02. The van der Waals surface area contributed by atoms with Gasteiger partial charge in [0.1, 0.15) is 17.6 Å². The number of allylic oxidation sites excluding steroid dienone is 4. The minimum Gasteiger partial charge on any atom is -0.234 e. The number of rotatable bonds is 4. The second-order valence-corrected chi connectivity index (χ2v) is 2.98. The average molecular weight is 220 g/mol. The molecule has 1 nitrogen and oxygen atoms in total. The molecule has 1 rings (SSSR count). The van der Waals surface area contributed by atoms with Crippen LogP contribution in [-0.4, -0.2) is 5.94 Å². The maximum absolute atomic E-state index is 13.1. The van der Waals surface area contributed by atoms with Crippen molar-refractivity contribution in [2.45, 2.75) is 6.42 Å². The van der Waals surface area contributed by atoms with E-state index in [9.17, 15) is 13.6 Å². The SMILES string of the molecule is O=C=CC/C=C/C=C/c1c(F)cccc1F. The quantitative estimate of drug-likeness (QED) is 0.562. The molecule has 1 aromatic rings. The average Bonchev–Trinajstić information content (AvgIpc) is 2.26. The smallest absolute Gasteiger partial charge is 0.133 e. The third-order valence-electron chi connectivity index (χ3n) is 1.85. The van der Waals surface area contributed by atoms with Crippen LogP contribution in [0.4, 0.5) is 8.78 Å². The zero-order chi connectivity index (χ0) is 11.8. The zero-order valence-corrected chi connectivity index (χ0v) is 8.49. The second-order valence-electron chi connectivity index (χ2n) is 2.98. The first-order valence-electron chi connectivity index (χ1n) is 4.72. The summed E-state index contributed by atoms with van der Waals surface area (Å²) in [6, 6.07) is 3.70. The van der Waals surface area contributed by atoms with Crippen molar-refractivity contribution in [3.8, 4) is 0 Å². The van der Waals surface area contributed by atoms with Crippen molar-refractivity contribution in [2.24, 2.45) is 0 Å². The Morgan fingerprint density at radius 1 is 1.19 bits per heavy atom. The molecule has 0 saturated heterocycles. The Bertz CT molecular complexity index is 435. The van der Waals surface area contributed by atoms with E-state index in [2.05, 4.69) is 0 Å². The highest BCUT2D eigenvalue weighted by Crippen LogP contribution is 2.13. The molecule has 0 fully saturated rings. The van der Waals surface area contributed by atoms with Crippen LogP contribution in [0.5, 0.6) is 0 Å². The van der Waals surface area contributed by atoms with Gasteiger partial charge in [0.15, 0.2) is 0 Å². The molecule has 3 heteroatoms. The van der Waals surface area contributed by atoms with Gasteiger partial charge in [-0.05, 0) is 24.6 Å². The van der Waals surface area contributed by atoms with E-state index in [0.717, 1.165) is 0 Å². The third kappa shape index (κ3) is 3.64. The van der Waals surface area contributed by atoms with Crippen LogP contribution in [0.25, 0.3) is 6.08 Å². The molecule has 0 bridgehead atoms. The van der Waals surface area contributed by atoms with E-state index >= 15 is 0 Å². The van der Waals surface area contributed by atoms with Crippen molar-refractivity contribution in [3.05, 3.63) is 59.7 Å². The van der Waals surface area contributed by atoms with E-state index < -0.39 is 11.6 Å². The standard InChI is InChI=1S/C13H10F2O/c14-12-8-6-9-13(15)11(12)7-4-2-1-3-5-10-16/h1-2,4-9H,3H2/b2-1+,7-4+. The van der Waals surface area contributed by atoms with Gasteiger partial charge in [-0.25, -0.2) is 13.6 Å². The van der Waals surface area contributed by atoms with E-state index in [1.807, 2.05) is 0 Å². The van der Waals surface area contributed by atoms with Gasteiger partial charge in [-0.2, -0.15) is 0 Å². The Morgan fingerprint density at radius 2 is 1.88 bits per heavy atom. The Kier molecular flexibility index (Phi) is 4.90. The Morgan fingerprint density at radius 3 is 2.50 bits per heavy atom. The molecule has 0 spiro atoms. The fourth-order valence-corrected chi connectivity index (χ4v) is 1.10. The van der Waals surface area contributed by atoms with Crippen LogP contribution in [-0.2, 0) is 4.79 Å². The minimum atomic E-state index is -0.600. The van der Waals surface area contributed by atoms with Crippen LogP contribution < -0.4 is 0 Å². The van der Waals surface area contributed by atoms with E-state index in [1.165, 1.54) is 36.4 Å². The molecule has 0 unspecified atom stereocenters. The predicted molar refractivity (Wildman–Crippen MR) is 59.4 cm³/mol. The first-order chi connectivity index (χ1) is 7.75. The molecule has 0 aliphatic heterocycles. The molecule has 0 aliphatic carbocycles. The van der Waals surface area contributed by atoms with Gasteiger partial charge in [-0.1, -0.05) is 24.3 Å². The van der Waals surface area contributed by atoms with E-state index in [4.69, 9.17) is 0 Å². The maximum atomic E-state index is 13.1. The molecule has 1 aromatic carbocycles. The summed E-state index contributed by atoms with van der Waals surface area (Å²) in [5.41, 5.74) is -0.0712. The van der Waals surface area contributed by atoms with Gasteiger partial charge in [0, 0.05) is 11.6 Å². The molecule has 0 heterocycles.